The molecule has 13 aromatic rings. The van der Waals surface area contributed by atoms with Crippen LogP contribution in [0, 0.1) is 0 Å². The van der Waals surface area contributed by atoms with Crippen LogP contribution in [0.1, 0.15) is 0 Å². The van der Waals surface area contributed by atoms with Crippen molar-refractivity contribution >= 4 is 97.3 Å². The van der Waals surface area contributed by atoms with E-state index in [4.69, 9.17) is 4.42 Å². The maximum absolute atomic E-state index is 6.60. The Bertz CT molecular complexity index is 3510. The Hall–Kier alpha value is -7.22. The lowest BCUT2D eigenvalue weighted by Crippen LogP contribution is -1.91. The third-order valence-electron chi connectivity index (χ3n) is 12.3. The first-order valence-corrected chi connectivity index (χ1v) is 19.1. The van der Waals surface area contributed by atoms with Gasteiger partial charge in [0.25, 0.3) is 0 Å². The molecule has 55 heavy (non-hydrogen) atoms. The monoisotopic (exact) mass is 694 g/mol. The molecule has 1 nitrogen and oxygen atoms in total. The van der Waals surface area contributed by atoms with E-state index in [0.717, 1.165) is 21.9 Å². The second-order valence-electron chi connectivity index (χ2n) is 15.2. The molecular weight excluding hydrogens is 665 g/mol. The number of benzene rings is 12. The predicted octanol–water partition coefficient (Wildman–Crippen LogP) is 15.5. The fraction of sp³-hybridized carbons (Fsp3) is 0. The zero-order valence-electron chi connectivity index (χ0n) is 29.7. The second kappa shape index (κ2) is 10.7. The van der Waals surface area contributed by atoms with Crippen LogP contribution in [0.25, 0.3) is 131 Å². The molecule has 13 rings (SSSR count). The van der Waals surface area contributed by atoms with Crippen molar-refractivity contribution in [2.45, 2.75) is 0 Å². The van der Waals surface area contributed by atoms with Gasteiger partial charge in [0.15, 0.2) is 0 Å². The average Bonchev–Trinajstić information content (AvgIpc) is 3.61. The molecule has 0 radical (unpaired) electrons. The van der Waals surface area contributed by atoms with Crippen LogP contribution in [0.3, 0.4) is 0 Å². The van der Waals surface area contributed by atoms with Gasteiger partial charge in [-0.25, -0.2) is 0 Å². The molecular formula is C54H30O. The minimum atomic E-state index is 0.903. The summed E-state index contributed by atoms with van der Waals surface area (Å²) in [5.41, 5.74) is 9.04. The molecule has 1 aromatic heterocycles. The van der Waals surface area contributed by atoms with Gasteiger partial charge in [0.1, 0.15) is 11.2 Å². The molecule has 0 N–H and O–H groups in total. The normalized spacial score (nSPS) is 12.4. The highest BCUT2D eigenvalue weighted by atomic mass is 16.3. The molecule has 1 heterocycles. The largest absolute Gasteiger partial charge is 0.456 e. The predicted molar refractivity (Wildman–Crippen MR) is 235 cm³/mol. The van der Waals surface area contributed by atoms with Gasteiger partial charge in [0.2, 0.25) is 0 Å². The summed E-state index contributed by atoms with van der Waals surface area (Å²) in [6.45, 7) is 0. The zero-order chi connectivity index (χ0) is 35.8. The Kier molecular flexibility index (Phi) is 5.69. The van der Waals surface area contributed by atoms with Gasteiger partial charge in [-0.2, -0.15) is 0 Å². The van der Waals surface area contributed by atoms with E-state index in [1.165, 1.54) is 109 Å². The summed E-state index contributed by atoms with van der Waals surface area (Å²) in [6.07, 6.45) is 0. The highest BCUT2D eigenvalue weighted by Crippen LogP contribution is 2.46. The van der Waals surface area contributed by atoms with Crippen LogP contribution in [0.5, 0.6) is 0 Å². The molecule has 252 valence electrons. The van der Waals surface area contributed by atoms with Crippen molar-refractivity contribution in [1.29, 1.82) is 0 Å². The van der Waals surface area contributed by atoms with E-state index >= 15 is 0 Å². The van der Waals surface area contributed by atoms with Gasteiger partial charge in [0, 0.05) is 10.8 Å². The molecule has 0 saturated heterocycles. The maximum Gasteiger partial charge on any atom is 0.136 e. The first-order chi connectivity index (χ1) is 27.2. The van der Waals surface area contributed by atoms with Crippen LogP contribution in [0.4, 0.5) is 0 Å². The Morgan fingerprint density at radius 1 is 0.236 bits per heavy atom. The molecule has 0 saturated carbocycles. The quantitative estimate of drug-likeness (QED) is 0.168. The third kappa shape index (κ3) is 4.07. The van der Waals surface area contributed by atoms with Crippen molar-refractivity contribution in [3.8, 4) is 33.4 Å². The van der Waals surface area contributed by atoms with Gasteiger partial charge >= 0.3 is 0 Å². The first kappa shape index (κ1) is 29.3. The number of furan rings is 1. The molecule has 1 heteroatoms. The van der Waals surface area contributed by atoms with Crippen LogP contribution >= 0.6 is 0 Å². The molecule has 0 unspecified atom stereocenters. The zero-order valence-corrected chi connectivity index (χ0v) is 29.7. The fourth-order valence-electron chi connectivity index (χ4n) is 9.82. The lowest BCUT2D eigenvalue weighted by atomic mass is 9.85. The van der Waals surface area contributed by atoms with Gasteiger partial charge in [-0.3, -0.25) is 0 Å². The smallest absolute Gasteiger partial charge is 0.136 e. The number of hydrogen-bond acceptors (Lipinski definition) is 1. The van der Waals surface area contributed by atoms with Crippen LogP contribution in [0.2, 0.25) is 0 Å². The lowest BCUT2D eigenvalue weighted by Gasteiger charge is -2.18. The molecule has 0 amide bonds. The van der Waals surface area contributed by atoms with Crippen molar-refractivity contribution < 1.29 is 4.42 Å². The summed E-state index contributed by atoms with van der Waals surface area (Å²) >= 11 is 0. The van der Waals surface area contributed by atoms with Crippen molar-refractivity contribution in [3.63, 3.8) is 0 Å². The van der Waals surface area contributed by atoms with Gasteiger partial charge in [0.05, 0.1) is 0 Å². The van der Waals surface area contributed by atoms with Crippen LogP contribution in [-0.2, 0) is 0 Å². The van der Waals surface area contributed by atoms with Crippen molar-refractivity contribution in [1.82, 2.24) is 0 Å². The number of fused-ring (bicyclic) bond motifs is 4. The minimum Gasteiger partial charge on any atom is -0.456 e. The summed E-state index contributed by atoms with van der Waals surface area (Å²) in [5, 5.41) is 20.2. The summed E-state index contributed by atoms with van der Waals surface area (Å²) in [4.78, 5) is 0. The molecule has 0 aliphatic rings. The molecule has 0 spiro atoms. The van der Waals surface area contributed by atoms with Crippen molar-refractivity contribution in [2.24, 2.45) is 0 Å². The SMILES string of the molecule is c1ccc2cc3c(cc2c1)oc1cccc(-c2cc(-c4ccc5ccc6cccc7ccc4c5c67)cc(-c4ccc5ccc6cccc7ccc4c5c67)c2)c13. The topological polar surface area (TPSA) is 13.1 Å². The summed E-state index contributed by atoms with van der Waals surface area (Å²) in [5.74, 6) is 0. The minimum absolute atomic E-state index is 0.903. The number of hydrogen-bond donors (Lipinski definition) is 0. The van der Waals surface area contributed by atoms with Crippen LogP contribution < -0.4 is 0 Å². The Morgan fingerprint density at radius 3 is 1.24 bits per heavy atom. The van der Waals surface area contributed by atoms with E-state index in [1.54, 1.807) is 0 Å². The van der Waals surface area contributed by atoms with E-state index < -0.39 is 0 Å². The van der Waals surface area contributed by atoms with Gasteiger partial charge in [-0.15, -0.1) is 0 Å². The average molecular weight is 695 g/mol. The Balaban J connectivity index is 1.14. The first-order valence-electron chi connectivity index (χ1n) is 19.1. The van der Waals surface area contributed by atoms with Crippen molar-refractivity contribution in [3.05, 3.63) is 182 Å². The van der Waals surface area contributed by atoms with Crippen LogP contribution in [0.15, 0.2) is 186 Å². The molecule has 12 aromatic carbocycles. The van der Waals surface area contributed by atoms with Crippen LogP contribution in [-0.4, -0.2) is 0 Å². The van der Waals surface area contributed by atoms with Gasteiger partial charge in [-0.05, 0) is 145 Å². The Morgan fingerprint density at radius 2 is 0.673 bits per heavy atom. The third-order valence-corrected chi connectivity index (χ3v) is 12.3. The van der Waals surface area contributed by atoms with E-state index in [2.05, 4.69) is 182 Å². The molecule has 0 atom stereocenters. The lowest BCUT2D eigenvalue weighted by molar-refractivity contribution is 0.669. The standard InChI is InChI=1S/C54H30O/c1-2-7-38-30-49-47(29-37(38)6-1)54-44(12-5-13-48(54)55-49)41-27-39(42-22-18-35-16-14-31-8-3-10-33-20-24-45(42)52(35)50(31)33)26-40(28-41)43-23-19-36-17-15-32-9-4-11-34-21-25-46(43)53(36)51(32)34/h1-30H. The Labute approximate surface area is 315 Å². The highest BCUT2D eigenvalue weighted by Gasteiger charge is 2.19. The highest BCUT2D eigenvalue weighted by molar-refractivity contribution is 6.27. The summed E-state index contributed by atoms with van der Waals surface area (Å²) < 4.78 is 6.60. The molecule has 0 fully saturated rings. The molecule has 0 bridgehead atoms. The summed E-state index contributed by atoms with van der Waals surface area (Å²) in [6, 6.07) is 67.6. The van der Waals surface area contributed by atoms with E-state index in [9.17, 15) is 0 Å². The van der Waals surface area contributed by atoms with Gasteiger partial charge < -0.3 is 4.42 Å². The molecule has 0 aliphatic heterocycles. The van der Waals surface area contributed by atoms with Crippen molar-refractivity contribution in [2.75, 3.05) is 0 Å². The maximum atomic E-state index is 6.60. The number of rotatable bonds is 3. The van der Waals surface area contributed by atoms with E-state index in [0.29, 0.717) is 0 Å². The van der Waals surface area contributed by atoms with E-state index in [-0.39, 0.29) is 0 Å². The van der Waals surface area contributed by atoms with Gasteiger partial charge in [-0.1, -0.05) is 146 Å². The van der Waals surface area contributed by atoms with E-state index in [1.807, 2.05) is 0 Å². The fourth-order valence-corrected chi connectivity index (χ4v) is 9.82. The summed E-state index contributed by atoms with van der Waals surface area (Å²) in [7, 11) is 0. The molecule has 0 aliphatic carbocycles. The second-order valence-corrected chi connectivity index (χ2v) is 15.2.